The topological polar surface area (TPSA) is 66.1 Å². The molecule has 2 fully saturated rings. The number of hydrogen-bond donors (Lipinski definition) is 2. The van der Waals surface area contributed by atoms with Crippen LogP contribution in [0.15, 0.2) is 48.5 Å². The zero-order chi connectivity index (χ0) is 26.4. The Hall–Kier alpha value is -3.14. The zero-order valence-corrected chi connectivity index (χ0v) is 21.3. The van der Waals surface area contributed by atoms with Gasteiger partial charge in [0.1, 0.15) is 11.5 Å². The molecule has 1 saturated heterocycles. The van der Waals surface area contributed by atoms with Crippen LogP contribution in [0.3, 0.4) is 0 Å². The van der Waals surface area contributed by atoms with Gasteiger partial charge in [-0.15, -0.1) is 13.2 Å². The number of carbonyl (C=O) groups is 1. The van der Waals surface area contributed by atoms with E-state index in [-0.39, 0.29) is 23.9 Å². The molecule has 2 N–H and O–H groups in total. The summed E-state index contributed by atoms with van der Waals surface area (Å²) in [6.07, 6.45) is -0.800. The molecule has 0 spiro atoms. The van der Waals surface area contributed by atoms with E-state index < -0.39 is 6.36 Å². The second kappa shape index (κ2) is 11.9. The number of hydrogen-bond acceptors (Lipinski definition) is 5. The Morgan fingerprint density at radius 1 is 0.946 bits per heavy atom. The Bertz CT molecular complexity index is 1020. The van der Waals surface area contributed by atoms with Crippen LogP contribution in [-0.4, -0.2) is 61.7 Å². The van der Waals surface area contributed by atoms with E-state index in [1.165, 1.54) is 24.3 Å². The van der Waals surface area contributed by atoms with Crippen molar-refractivity contribution in [3.63, 3.8) is 0 Å². The van der Waals surface area contributed by atoms with E-state index in [9.17, 15) is 18.0 Å². The van der Waals surface area contributed by atoms with Gasteiger partial charge in [0.05, 0.1) is 11.8 Å². The molecule has 2 aliphatic rings. The summed E-state index contributed by atoms with van der Waals surface area (Å²) in [6, 6.07) is 13.5. The number of para-hydroxylation sites is 2. The summed E-state index contributed by atoms with van der Waals surface area (Å²) < 4.78 is 46.7. The zero-order valence-electron chi connectivity index (χ0n) is 21.3. The lowest BCUT2D eigenvalue weighted by molar-refractivity contribution is -0.274. The Labute approximate surface area is 215 Å². The molecule has 7 nitrogen and oxygen atoms in total. The van der Waals surface area contributed by atoms with Crippen LogP contribution >= 0.6 is 0 Å². The van der Waals surface area contributed by atoms with Crippen molar-refractivity contribution >= 4 is 17.4 Å². The number of amides is 2. The molecule has 2 amide bonds. The first-order valence-corrected chi connectivity index (χ1v) is 12.8. The van der Waals surface area contributed by atoms with Gasteiger partial charge in [-0.3, -0.25) is 4.90 Å². The fraction of sp³-hybridized carbons (Fsp3) is 0.519. The maximum absolute atomic E-state index is 12.4. The standard InChI is InChI=1S/C27H35F3N4O3/c1-19(2)36-25-6-4-3-5-24(25)34-17-15-33(16-18-34)22-11-7-20(8-12-22)31-26(35)32-21-9-13-23(14-10-21)37-27(28,29)30/h3-6,9-10,13-14,19-20,22H,7-8,11-12,15-18H2,1-2H3,(H2,31,32,35)/t20-,22+. The van der Waals surface area contributed by atoms with Crippen molar-refractivity contribution in [3.8, 4) is 11.5 Å². The number of piperazine rings is 1. The maximum atomic E-state index is 12.4. The lowest BCUT2D eigenvalue weighted by atomic mass is 9.90. The van der Waals surface area contributed by atoms with Crippen molar-refractivity contribution in [3.05, 3.63) is 48.5 Å². The van der Waals surface area contributed by atoms with Crippen LogP contribution < -0.4 is 25.0 Å². The Morgan fingerprint density at radius 2 is 1.59 bits per heavy atom. The molecular formula is C27H35F3N4O3. The Balaban J connectivity index is 1.19. The number of carbonyl (C=O) groups excluding carboxylic acids is 1. The first-order valence-electron chi connectivity index (χ1n) is 12.8. The van der Waals surface area contributed by atoms with Gasteiger partial charge in [-0.2, -0.15) is 0 Å². The summed E-state index contributed by atoms with van der Waals surface area (Å²) in [6.45, 7) is 7.97. The van der Waals surface area contributed by atoms with Crippen LogP contribution in [0.5, 0.6) is 11.5 Å². The molecule has 0 bridgehead atoms. The van der Waals surface area contributed by atoms with Gasteiger partial charge in [-0.05, 0) is 75.9 Å². The highest BCUT2D eigenvalue weighted by molar-refractivity contribution is 5.89. The van der Waals surface area contributed by atoms with Gasteiger partial charge in [0.15, 0.2) is 0 Å². The monoisotopic (exact) mass is 520 g/mol. The number of nitrogens with zero attached hydrogens (tertiary/aromatic N) is 2. The van der Waals surface area contributed by atoms with Gasteiger partial charge in [0.25, 0.3) is 0 Å². The highest BCUT2D eigenvalue weighted by atomic mass is 19.4. The van der Waals surface area contributed by atoms with E-state index in [4.69, 9.17) is 4.74 Å². The number of benzene rings is 2. The van der Waals surface area contributed by atoms with Crippen LogP contribution in [0.25, 0.3) is 0 Å². The minimum absolute atomic E-state index is 0.0745. The average Bonchev–Trinajstić information content (AvgIpc) is 2.85. The van der Waals surface area contributed by atoms with E-state index in [0.29, 0.717) is 11.7 Å². The molecule has 37 heavy (non-hydrogen) atoms. The number of urea groups is 1. The molecule has 4 rings (SSSR count). The molecule has 1 saturated carbocycles. The molecule has 2 aromatic rings. The molecule has 202 valence electrons. The second-order valence-electron chi connectivity index (χ2n) is 9.83. The number of ether oxygens (including phenoxy) is 2. The highest BCUT2D eigenvalue weighted by Crippen LogP contribution is 2.31. The quantitative estimate of drug-likeness (QED) is 0.496. The fourth-order valence-corrected chi connectivity index (χ4v) is 5.08. The van der Waals surface area contributed by atoms with E-state index >= 15 is 0 Å². The molecule has 0 radical (unpaired) electrons. The molecule has 0 unspecified atom stereocenters. The van der Waals surface area contributed by atoms with Gasteiger partial charge in [0.2, 0.25) is 0 Å². The summed E-state index contributed by atoms with van der Waals surface area (Å²) in [5.74, 6) is 0.604. The molecule has 10 heteroatoms. The largest absolute Gasteiger partial charge is 0.573 e. The van der Waals surface area contributed by atoms with Crippen molar-refractivity contribution < 1.29 is 27.4 Å². The first-order chi connectivity index (χ1) is 17.7. The van der Waals surface area contributed by atoms with E-state index in [0.717, 1.165) is 63.3 Å². The Morgan fingerprint density at radius 3 is 2.22 bits per heavy atom. The summed E-state index contributed by atoms with van der Waals surface area (Å²) >= 11 is 0. The van der Waals surface area contributed by atoms with Crippen LogP contribution in [0.1, 0.15) is 39.5 Å². The number of anilines is 2. The normalized spacial score (nSPS) is 21.0. The lowest BCUT2D eigenvalue weighted by Crippen LogP contribution is -2.52. The lowest BCUT2D eigenvalue weighted by Gasteiger charge is -2.43. The SMILES string of the molecule is CC(C)Oc1ccccc1N1CCN([C@H]2CC[C@@H](NC(=O)Nc3ccc(OC(F)(F)F)cc3)CC2)CC1. The maximum Gasteiger partial charge on any atom is 0.573 e. The van der Waals surface area contributed by atoms with Crippen LogP contribution in [0.2, 0.25) is 0 Å². The van der Waals surface area contributed by atoms with Crippen LogP contribution in [0.4, 0.5) is 29.3 Å². The summed E-state index contributed by atoms with van der Waals surface area (Å²) in [5.41, 5.74) is 1.55. The minimum atomic E-state index is -4.74. The third kappa shape index (κ3) is 7.92. The molecule has 2 aromatic carbocycles. The minimum Gasteiger partial charge on any atom is -0.489 e. The van der Waals surface area contributed by atoms with E-state index in [1.807, 2.05) is 26.0 Å². The van der Waals surface area contributed by atoms with Gasteiger partial charge in [-0.1, -0.05) is 12.1 Å². The molecule has 1 heterocycles. The molecule has 1 aliphatic heterocycles. The third-order valence-electron chi connectivity index (χ3n) is 6.78. The molecule has 1 aliphatic carbocycles. The summed E-state index contributed by atoms with van der Waals surface area (Å²) in [4.78, 5) is 17.3. The van der Waals surface area contributed by atoms with Crippen LogP contribution in [0, 0.1) is 0 Å². The second-order valence-corrected chi connectivity index (χ2v) is 9.83. The van der Waals surface area contributed by atoms with Gasteiger partial charge in [-0.25, -0.2) is 4.79 Å². The number of alkyl halides is 3. The fourth-order valence-electron chi connectivity index (χ4n) is 5.08. The molecule has 0 atom stereocenters. The van der Waals surface area contributed by atoms with Crippen molar-refractivity contribution in [1.29, 1.82) is 0 Å². The number of nitrogens with one attached hydrogen (secondary N) is 2. The van der Waals surface area contributed by atoms with E-state index in [2.05, 4.69) is 37.3 Å². The third-order valence-corrected chi connectivity index (χ3v) is 6.78. The predicted octanol–water partition coefficient (Wildman–Crippen LogP) is 5.63. The molecular weight excluding hydrogens is 485 g/mol. The van der Waals surface area contributed by atoms with Crippen molar-refractivity contribution in [2.75, 3.05) is 36.4 Å². The molecule has 0 aromatic heterocycles. The van der Waals surface area contributed by atoms with E-state index in [1.54, 1.807) is 0 Å². The van der Waals surface area contributed by atoms with Crippen LogP contribution in [-0.2, 0) is 0 Å². The van der Waals surface area contributed by atoms with Gasteiger partial charge >= 0.3 is 12.4 Å². The predicted molar refractivity (Wildman–Crippen MR) is 137 cm³/mol. The Kier molecular flexibility index (Phi) is 8.68. The number of halogens is 3. The van der Waals surface area contributed by atoms with Crippen molar-refractivity contribution in [2.24, 2.45) is 0 Å². The smallest absolute Gasteiger partial charge is 0.489 e. The summed E-state index contributed by atoms with van der Waals surface area (Å²) in [5, 5.41) is 5.67. The van der Waals surface area contributed by atoms with Crippen molar-refractivity contribution in [2.45, 2.75) is 64.1 Å². The summed E-state index contributed by atoms with van der Waals surface area (Å²) in [7, 11) is 0. The van der Waals surface area contributed by atoms with Gasteiger partial charge < -0.3 is 25.0 Å². The average molecular weight is 521 g/mol. The first kappa shape index (κ1) is 26.9. The number of rotatable bonds is 7. The highest BCUT2D eigenvalue weighted by Gasteiger charge is 2.31. The van der Waals surface area contributed by atoms with Crippen molar-refractivity contribution in [1.82, 2.24) is 10.2 Å². The van der Waals surface area contributed by atoms with Gasteiger partial charge in [0, 0.05) is 44.0 Å².